The lowest BCUT2D eigenvalue weighted by atomic mass is 10.2. The summed E-state index contributed by atoms with van der Waals surface area (Å²) in [5.41, 5.74) is 5.90. The molecule has 20 heavy (non-hydrogen) atoms. The van der Waals surface area contributed by atoms with Crippen molar-refractivity contribution >= 4 is 17.8 Å². The summed E-state index contributed by atoms with van der Waals surface area (Å²) >= 11 is 0. The van der Waals surface area contributed by atoms with E-state index in [2.05, 4.69) is 5.32 Å². The molecule has 7 heteroatoms. The van der Waals surface area contributed by atoms with Crippen molar-refractivity contribution in [3.8, 4) is 0 Å². The Bertz CT molecular complexity index is 475. The van der Waals surface area contributed by atoms with Crippen LogP contribution in [-0.2, 0) is 25.7 Å². The molecule has 0 spiro atoms. The topological polar surface area (TPSA) is 119 Å². The number of nitrogens with one attached hydrogen (secondary N) is 1. The van der Waals surface area contributed by atoms with Gasteiger partial charge in [-0.2, -0.15) is 0 Å². The predicted octanol–water partition coefficient (Wildman–Crippen LogP) is -0.352. The van der Waals surface area contributed by atoms with E-state index in [0.717, 1.165) is 5.56 Å². The number of rotatable bonds is 8. The van der Waals surface area contributed by atoms with Gasteiger partial charge in [-0.15, -0.1) is 0 Å². The van der Waals surface area contributed by atoms with Gasteiger partial charge in [0.2, 0.25) is 11.8 Å². The lowest BCUT2D eigenvalue weighted by Gasteiger charge is -2.13. The first-order valence-electron chi connectivity index (χ1n) is 5.91. The van der Waals surface area contributed by atoms with E-state index in [1.54, 1.807) is 0 Å². The van der Waals surface area contributed by atoms with E-state index in [-0.39, 0.29) is 13.2 Å². The first-order valence-corrected chi connectivity index (χ1v) is 5.91. The van der Waals surface area contributed by atoms with E-state index in [9.17, 15) is 14.4 Å². The number of benzene rings is 1. The van der Waals surface area contributed by atoms with Gasteiger partial charge in [-0.1, -0.05) is 30.3 Å². The fraction of sp³-hybridized carbons (Fsp3) is 0.308. The molecule has 0 bridgehead atoms. The quantitative estimate of drug-likeness (QED) is 0.601. The molecular weight excluding hydrogens is 264 g/mol. The highest BCUT2D eigenvalue weighted by Gasteiger charge is 2.21. The molecular formula is C13H16N2O5. The lowest BCUT2D eigenvalue weighted by molar-refractivity contribution is -0.140. The van der Waals surface area contributed by atoms with Crippen LogP contribution in [0.1, 0.15) is 12.0 Å². The first kappa shape index (κ1) is 15.6. The van der Waals surface area contributed by atoms with Gasteiger partial charge in [0.05, 0.1) is 13.0 Å². The monoisotopic (exact) mass is 280 g/mol. The van der Waals surface area contributed by atoms with Gasteiger partial charge >= 0.3 is 5.97 Å². The van der Waals surface area contributed by atoms with E-state index >= 15 is 0 Å². The molecule has 0 unspecified atom stereocenters. The number of carboxylic acids is 1. The van der Waals surface area contributed by atoms with Gasteiger partial charge in [0.25, 0.3) is 0 Å². The number of carbonyl (C=O) groups is 3. The Morgan fingerprint density at radius 1 is 1.25 bits per heavy atom. The van der Waals surface area contributed by atoms with Gasteiger partial charge in [0, 0.05) is 0 Å². The largest absolute Gasteiger partial charge is 0.481 e. The fourth-order valence-corrected chi connectivity index (χ4v) is 1.47. The smallest absolute Gasteiger partial charge is 0.305 e. The van der Waals surface area contributed by atoms with Crippen molar-refractivity contribution in [1.82, 2.24) is 5.32 Å². The van der Waals surface area contributed by atoms with E-state index in [0.29, 0.717) is 0 Å². The fourth-order valence-electron chi connectivity index (χ4n) is 1.47. The highest BCUT2D eigenvalue weighted by atomic mass is 16.5. The van der Waals surface area contributed by atoms with Crippen LogP contribution in [0.3, 0.4) is 0 Å². The third kappa shape index (κ3) is 5.96. The molecule has 0 saturated carbocycles. The number of hydrogen-bond donors (Lipinski definition) is 3. The highest BCUT2D eigenvalue weighted by Crippen LogP contribution is 2.00. The van der Waals surface area contributed by atoms with Crippen LogP contribution in [0.5, 0.6) is 0 Å². The van der Waals surface area contributed by atoms with Gasteiger partial charge in [-0.3, -0.25) is 14.4 Å². The normalized spacial score (nSPS) is 11.6. The summed E-state index contributed by atoms with van der Waals surface area (Å²) in [6, 6.07) is 7.99. The molecule has 0 heterocycles. The molecule has 0 fully saturated rings. The van der Waals surface area contributed by atoms with Gasteiger partial charge in [-0.25, -0.2) is 0 Å². The summed E-state index contributed by atoms with van der Waals surface area (Å²) in [6.45, 7) is -0.0350. The van der Waals surface area contributed by atoms with Crippen molar-refractivity contribution in [2.75, 3.05) is 6.61 Å². The highest BCUT2D eigenvalue weighted by molar-refractivity contribution is 5.89. The molecule has 0 aliphatic rings. The average molecular weight is 280 g/mol. The van der Waals surface area contributed by atoms with Gasteiger partial charge in [0.15, 0.2) is 0 Å². The predicted molar refractivity (Wildman–Crippen MR) is 69.5 cm³/mol. The van der Waals surface area contributed by atoms with Crippen molar-refractivity contribution in [1.29, 1.82) is 0 Å². The van der Waals surface area contributed by atoms with E-state index in [1.165, 1.54) is 0 Å². The Hall–Kier alpha value is -2.41. The summed E-state index contributed by atoms with van der Waals surface area (Å²) in [5, 5.41) is 10.8. The summed E-state index contributed by atoms with van der Waals surface area (Å²) in [4.78, 5) is 33.0. The SMILES string of the molecule is NC(=O)[C@H](CC(=O)O)NC(=O)COCc1ccccc1. The summed E-state index contributed by atoms with van der Waals surface area (Å²) in [5.74, 6) is -2.71. The molecule has 0 aliphatic carbocycles. The number of hydrogen-bond acceptors (Lipinski definition) is 4. The maximum absolute atomic E-state index is 11.5. The van der Waals surface area contributed by atoms with Crippen LogP contribution in [0.15, 0.2) is 30.3 Å². The number of nitrogens with two attached hydrogens (primary N) is 1. The van der Waals surface area contributed by atoms with Gasteiger partial charge in [-0.05, 0) is 5.56 Å². The Labute approximate surface area is 115 Å². The molecule has 0 aliphatic heterocycles. The van der Waals surface area contributed by atoms with Crippen LogP contribution in [0.4, 0.5) is 0 Å². The third-order valence-corrected chi connectivity index (χ3v) is 2.40. The lowest BCUT2D eigenvalue weighted by Crippen LogP contribution is -2.46. The summed E-state index contributed by atoms with van der Waals surface area (Å²) in [6.07, 6.45) is -0.556. The van der Waals surface area contributed by atoms with Crippen molar-refractivity contribution in [3.05, 3.63) is 35.9 Å². The molecule has 4 N–H and O–H groups in total. The van der Waals surface area contributed by atoms with E-state index in [1.807, 2.05) is 30.3 Å². The molecule has 0 saturated heterocycles. The molecule has 2 amide bonds. The van der Waals surface area contributed by atoms with Crippen molar-refractivity contribution in [2.45, 2.75) is 19.1 Å². The number of ether oxygens (including phenoxy) is 1. The van der Waals surface area contributed by atoms with Crippen LogP contribution >= 0.6 is 0 Å². The van der Waals surface area contributed by atoms with Crippen molar-refractivity contribution < 1.29 is 24.2 Å². The first-order chi connectivity index (χ1) is 9.49. The maximum Gasteiger partial charge on any atom is 0.305 e. The number of carbonyl (C=O) groups excluding carboxylic acids is 2. The number of aliphatic carboxylic acids is 1. The number of carboxylic acid groups (broad SMARTS) is 1. The van der Waals surface area contributed by atoms with Crippen LogP contribution in [0, 0.1) is 0 Å². The summed E-state index contributed by atoms with van der Waals surface area (Å²) in [7, 11) is 0. The Morgan fingerprint density at radius 3 is 2.45 bits per heavy atom. The van der Waals surface area contributed by atoms with E-state index < -0.39 is 30.2 Å². The molecule has 1 aromatic rings. The Balaban J connectivity index is 2.35. The molecule has 1 atom stereocenters. The molecule has 1 aromatic carbocycles. The maximum atomic E-state index is 11.5. The summed E-state index contributed by atoms with van der Waals surface area (Å²) < 4.78 is 5.16. The molecule has 7 nitrogen and oxygen atoms in total. The molecule has 108 valence electrons. The van der Waals surface area contributed by atoms with Crippen LogP contribution in [0.25, 0.3) is 0 Å². The second-order valence-electron chi connectivity index (χ2n) is 4.10. The zero-order chi connectivity index (χ0) is 15.0. The zero-order valence-electron chi connectivity index (χ0n) is 10.7. The Morgan fingerprint density at radius 2 is 1.90 bits per heavy atom. The Kier molecular flexibility index (Phi) is 6.18. The standard InChI is InChI=1S/C13H16N2O5/c14-13(19)10(6-12(17)18)15-11(16)8-20-7-9-4-2-1-3-5-9/h1-5,10H,6-8H2,(H2,14,19)(H,15,16)(H,17,18)/t10-/m0/s1. The second kappa shape index (κ2) is 7.90. The second-order valence-corrected chi connectivity index (χ2v) is 4.10. The zero-order valence-corrected chi connectivity index (χ0v) is 10.7. The number of primary amides is 1. The number of amides is 2. The van der Waals surface area contributed by atoms with Crippen molar-refractivity contribution in [2.24, 2.45) is 5.73 Å². The van der Waals surface area contributed by atoms with Crippen molar-refractivity contribution in [3.63, 3.8) is 0 Å². The van der Waals surface area contributed by atoms with Crippen LogP contribution in [0.2, 0.25) is 0 Å². The minimum atomic E-state index is -1.24. The van der Waals surface area contributed by atoms with Crippen LogP contribution in [-0.4, -0.2) is 35.5 Å². The third-order valence-electron chi connectivity index (χ3n) is 2.40. The van der Waals surface area contributed by atoms with Crippen LogP contribution < -0.4 is 11.1 Å². The molecule has 0 radical (unpaired) electrons. The van der Waals surface area contributed by atoms with Gasteiger partial charge in [0.1, 0.15) is 12.6 Å². The molecule has 1 rings (SSSR count). The van der Waals surface area contributed by atoms with Gasteiger partial charge < -0.3 is 20.9 Å². The minimum Gasteiger partial charge on any atom is -0.481 e. The average Bonchev–Trinajstić information content (AvgIpc) is 2.38. The minimum absolute atomic E-state index is 0.244. The molecule has 0 aromatic heterocycles. The van der Waals surface area contributed by atoms with E-state index in [4.69, 9.17) is 15.6 Å².